The highest BCUT2D eigenvalue weighted by atomic mass is 35.5. The maximum Gasteiger partial charge on any atom is 0.284 e. The molecule has 0 aliphatic carbocycles. The number of aryl methyl sites for hydroxylation is 1. The molecule has 0 bridgehead atoms. The monoisotopic (exact) mass is 631 g/mol. The van der Waals surface area contributed by atoms with Gasteiger partial charge in [0.1, 0.15) is 35.1 Å². The lowest BCUT2D eigenvalue weighted by molar-refractivity contribution is -0.114. The lowest BCUT2D eigenvalue weighted by Crippen LogP contribution is -2.24. The van der Waals surface area contributed by atoms with Crippen molar-refractivity contribution in [3.05, 3.63) is 72.0 Å². The fraction of sp³-hybridized carbons (Fsp3) is 0.250. The summed E-state index contributed by atoms with van der Waals surface area (Å²) in [7, 11) is 6.82. The van der Waals surface area contributed by atoms with Gasteiger partial charge in [0.2, 0.25) is 0 Å². The van der Waals surface area contributed by atoms with E-state index in [1.54, 1.807) is 30.6 Å². The minimum Gasteiger partial charge on any atom is -0.494 e. The number of nitrogens with zero attached hydrogens (tertiary/aromatic N) is 5. The number of hydrogen-bond acceptors (Lipinski definition) is 9. The van der Waals surface area contributed by atoms with Crippen molar-refractivity contribution in [3.63, 3.8) is 0 Å². The van der Waals surface area contributed by atoms with Crippen molar-refractivity contribution in [1.29, 1.82) is 0 Å². The summed E-state index contributed by atoms with van der Waals surface area (Å²) in [4.78, 5) is 28.0. The number of anilines is 3. The lowest BCUT2D eigenvalue weighted by atomic mass is 10.1. The molecule has 1 atom stereocenters. The molecule has 3 heterocycles. The number of halogens is 2. The average molecular weight is 632 g/mol. The highest BCUT2D eigenvalue weighted by Gasteiger charge is 2.22. The molecule has 6 rings (SSSR count). The van der Waals surface area contributed by atoms with E-state index in [1.165, 1.54) is 26.6 Å². The Hall–Kier alpha value is -4.94. The molecule has 11 nitrogen and oxygen atoms in total. The predicted molar refractivity (Wildman–Crippen MR) is 172 cm³/mol. The van der Waals surface area contributed by atoms with Gasteiger partial charge >= 0.3 is 0 Å². The van der Waals surface area contributed by atoms with Crippen molar-refractivity contribution in [1.82, 2.24) is 24.4 Å². The first-order valence-electron chi connectivity index (χ1n) is 14.2. The standard InChI is InChI=1S/C32H31ClFN7O4/c1-40-9-5-6-18(40)10-22(34)32(42)39-25-12-20-23(14-29(25)43-3)35-16-36-31(20)38-26-13-21(33)28(15-30(26)44-4)45-19-7-8-27-24(11-19)37-17-41(27)2/h7-8,10-18H,5-6,9H2,1-4H3,(H,39,42)(H,35,36,38)/b22-10-/t18-/m1/s1. The molecule has 0 spiro atoms. The Bertz CT molecular complexity index is 1950. The summed E-state index contributed by atoms with van der Waals surface area (Å²) in [6.45, 7) is 0.859. The van der Waals surface area contributed by atoms with Gasteiger partial charge in [-0.25, -0.2) is 19.3 Å². The first-order chi connectivity index (χ1) is 21.7. The molecule has 1 saturated heterocycles. The molecule has 1 fully saturated rings. The predicted octanol–water partition coefficient (Wildman–Crippen LogP) is 6.61. The number of carbonyl (C=O) groups excluding carboxylic acids is 1. The number of rotatable bonds is 9. The van der Waals surface area contributed by atoms with Gasteiger partial charge in [-0.2, -0.15) is 0 Å². The van der Waals surface area contributed by atoms with E-state index in [9.17, 15) is 9.18 Å². The summed E-state index contributed by atoms with van der Waals surface area (Å²) >= 11 is 6.66. The molecule has 2 aromatic heterocycles. The van der Waals surface area contributed by atoms with Crippen LogP contribution in [0.5, 0.6) is 23.0 Å². The number of ether oxygens (including phenoxy) is 3. The molecule has 0 unspecified atom stereocenters. The van der Waals surface area contributed by atoms with Crippen molar-refractivity contribution < 1.29 is 23.4 Å². The number of likely N-dealkylation sites (N-methyl/N-ethyl adjacent to an activating group) is 1. The number of carbonyl (C=O) groups is 1. The van der Waals surface area contributed by atoms with Crippen LogP contribution in [0.2, 0.25) is 5.02 Å². The number of hydrogen-bond donors (Lipinski definition) is 2. The lowest BCUT2D eigenvalue weighted by Gasteiger charge is -2.17. The fourth-order valence-corrected chi connectivity index (χ4v) is 5.54. The topological polar surface area (TPSA) is 116 Å². The van der Waals surface area contributed by atoms with Crippen LogP contribution in [-0.2, 0) is 11.8 Å². The molecule has 13 heteroatoms. The smallest absolute Gasteiger partial charge is 0.284 e. The van der Waals surface area contributed by atoms with Crippen LogP contribution in [-0.4, -0.2) is 64.2 Å². The molecule has 1 aliphatic heterocycles. The highest BCUT2D eigenvalue weighted by molar-refractivity contribution is 6.32. The van der Waals surface area contributed by atoms with Crippen LogP contribution in [0, 0.1) is 0 Å². The van der Waals surface area contributed by atoms with E-state index >= 15 is 0 Å². The number of likely N-dealkylation sites (tertiary alicyclic amines) is 1. The van der Waals surface area contributed by atoms with Gasteiger partial charge in [-0.15, -0.1) is 0 Å². The van der Waals surface area contributed by atoms with Crippen molar-refractivity contribution >= 4 is 56.6 Å². The minimum absolute atomic E-state index is 0.123. The largest absolute Gasteiger partial charge is 0.494 e. The third-order valence-corrected chi connectivity index (χ3v) is 8.06. The molecule has 1 aliphatic rings. The second kappa shape index (κ2) is 12.6. The summed E-state index contributed by atoms with van der Waals surface area (Å²) in [5, 5.41) is 6.74. The summed E-state index contributed by atoms with van der Waals surface area (Å²) in [6, 6.07) is 12.1. The zero-order valence-corrected chi connectivity index (χ0v) is 25.9. The van der Waals surface area contributed by atoms with E-state index in [0.717, 1.165) is 30.4 Å². The van der Waals surface area contributed by atoms with Gasteiger partial charge in [0.15, 0.2) is 5.83 Å². The summed E-state index contributed by atoms with van der Waals surface area (Å²) in [6.07, 6.45) is 6.23. The van der Waals surface area contributed by atoms with Crippen LogP contribution in [0.15, 0.2) is 67.0 Å². The molecule has 1 amide bonds. The Morgan fingerprint density at radius 2 is 1.80 bits per heavy atom. The number of imidazole rings is 1. The van der Waals surface area contributed by atoms with Crippen LogP contribution >= 0.6 is 11.6 Å². The molecular formula is C32H31ClFN7O4. The van der Waals surface area contributed by atoms with Crippen molar-refractivity contribution in [2.24, 2.45) is 7.05 Å². The maximum absolute atomic E-state index is 14.9. The Balaban J connectivity index is 1.28. The molecular weight excluding hydrogens is 601 g/mol. The molecule has 5 aromatic rings. The molecule has 3 aromatic carbocycles. The molecule has 0 radical (unpaired) electrons. The summed E-state index contributed by atoms with van der Waals surface area (Å²) in [5.41, 5.74) is 3.06. The van der Waals surface area contributed by atoms with Gasteiger partial charge in [0.05, 0.1) is 53.5 Å². The van der Waals surface area contributed by atoms with Crippen LogP contribution in [0.3, 0.4) is 0 Å². The number of fused-ring (bicyclic) bond motifs is 2. The minimum atomic E-state index is -0.870. The van der Waals surface area contributed by atoms with Crippen molar-refractivity contribution in [3.8, 4) is 23.0 Å². The zero-order chi connectivity index (χ0) is 31.7. The Labute approximate surface area is 263 Å². The molecule has 232 valence electrons. The molecule has 45 heavy (non-hydrogen) atoms. The van der Waals surface area contributed by atoms with Crippen LogP contribution in [0.25, 0.3) is 21.9 Å². The van der Waals surface area contributed by atoms with E-state index in [4.69, 9.17) is 25.8 Å². The van der Waals surface area contributed by atoms with Crippen LogP contribution in [0.4, 0.5) is 21.6 Å². The Kier molecular flexibility index (Phi) is 8.42. The van der Waals surface area contributed by atoms with Crippen molar-refractivity contribution in [2.45, 2.75) is 18.9 Å². The number of amides is 1. The number of benzene rings is 3. The van der Waals surface area contributed by atoms with Gasteiger partial charge in [-0.1, -0.05) is 11.6 Å². The first-order valence-corrected chi connectivity index (χ1v) is 14.6. The summed E-state index contributed by atoms with van der Waals surface area (Å²) in [5.74, 6) is 0.368. The van der Waals surface area contributed by atoms with E-state index in [-0.39, 0.29) is 11.7 Å². The van der Waals surface area contributed by atoms with E-state index in [2.05, 4.69) is 25.6 Å². The van der Waals surface area contributed by atoms with Gasteiger partial charge in [0.25, 0.3) is 5.91 Å². The molecule has 0 saturated carbocycles. The third-order valence-electron chi connectivity index (χ3n) is 7.77. The van der Waals surface area contributed by atoms with Crippen LogP contribution < -0.4 is 24.8 Å². The second-order valence-electron chi connectivity index (χ2n) is 10.7. The average Bonchev–Trinajstić information content (AvgIpc) is 3.62. The Morgan fingerprint density at radius 1 is 1.00 bits per heavy atom. The van der Waals surface area contributed by atoms with E-state index in [0.29, 0.717) is 50.4 Å². The number of aromatic nitrogens is 4. The van der Waals surface area contributed by atoms with Gasteiger partial charge in [0, 0.05) is 36.7 Å². The van der Waals surface area contributed by atoms with Crippen molar-refractivity contribution in [2.75, 3.05) is 38.4 Å². The fourth-order valence-electron chi connectivity index (χ4n) is 5.34. The quantitative estimate of drug-likeness (QED) is 0.173. The zero-order valence-electron chi connectivity index (χ0n) is 25.1. The van der Waals surface area contributed by atoms with E-state index < -0.39 is 11.7 Å². The van der Waals surface area contributed by atoms with Gasteiger partial charge in [-0.3, -0.25) is 9.69 Å². The maximum atomic E-state index is 14.9. The normalized spacial score (nSPS) is 15.4. The van der Waals surface area contributed by atoms with Crippen LogP contribution in [0.1, 0.15) is 12.8 Å². The van der Waals surface area contributed by atoms with E-state index in [1.807, 2.05) is 41.8 Å². The summed E-state index contributed by atoms with van der Waals surface area (Å²) < 4.78 is 34.0. The highest BCUT2D eigenvalue weighted by Crippen LogP contribution is 2.41. The van der Waals surface area contributed by atoms with Gasteiger partial charge < -0.3 is 29.4 Å². The Morgan fingerprint density at radius 3 is 2.56 bits per heavy atom. The second-order valence-corrected chi connectivity index (χ2v) is 11.1. The SMILES string of the molecule is COc1cc2ncnc(Nc3cc(Cl)c(Oc4ccc5c(c4)ncn5C)cc3OC)c2cc1NC(=O)/C(F)=C/[C@H]1CCCN1C. The van der Waals surface area contributed by atoms with Gasteiger partial charge in [-0.05, 0) is 56.8 Å². The molecule has 2 N–H and O–H groups in total. The first kappa shape index (κ1) is 30.1. The number of nitrogens with one attached hydrogen (secondary N) is 2. The third kappa shape index (κ3) is 6.19. The number of methoxy groups -OCH3 is 2.